The summed E-state index contributed by atoms with van der Waals surface area (Å²) in [6, 6.07) is 5.20. The molecule has 0 atom stereocenters. The minimum atomic E-state index is -3.55. The van der Waals surface area contributed by atoms with Crippen LogP contribution >= 0.6 is 0 Å². The highest BCUT2D eigenvalue weighted by Crippen LogP contribution is 2.08. The fourth-order valence-corrected chi connectivity index (χ4v) is 3.19. The Morgan fingerprint density at radius 3 is 2.32 bits per heavy atom. The first-order chi connectivity index (χ1) is 10.2. The van der Waals surface area contributed by atoms with E-state index in [1.165, 1.54) is 24.3 Å². The topological polar surface area (TPSA) is 91.8 Å². The maximum atomic E-state index is 12.8. The average Bonchev–Trinajstić information content (AvgIpc) is 2.39. The van der Waals surface area contributed by atoms with E-state index in [2.05, 4.69) is 0 Å². The normalized spacial score (nSPS) is 11.2. The molecule has 22 heavy (non-hydrogen) atoms. The van der Waals surface area contributed by atoms with Gasteiger partial charge in [-0.25, -0.2) is 12.8 Å². The second-order valence-electron chi connectivity index (χ2n) is 4.86. The van der Waals surface area contributed by atoms with Gasteiger partial charge >= 0.3 is 5.97 Å². The Morgan fingerprint density at radius 1 is 1.23 bits per heavy atom. The molecule has 1 N–H and O–H groups in total. The molecule has 0 spiro atoms. The maximum Gasteiger partial charge on any atom is 0.323 e. The van der Waals surface area contributed by atoms with Crippen LogP contribution in [0.3, 0.4) is 0 Å². The Bertz CT molecular complexity index is 627. The molecular weight excluding hydrogens is 313 g/mol. The minimum absolute atomic E-state index is 0.0902. The van der Waals surface area contributed by atoms with Crippen LogP contribution in [-0.2, 0) is 26.0 Å². The number of sulfone groups is 1. The molecule has 6 nitrogen and oxygen atoms in total. The summed E-state index contributed by atoms with van der Waals surface area (Å²) in [4.78, 5) is 23.8. The lowest BCUT2D eigenvalue weighted by Crippen LogP contribution is -2.39. The molecule has 0 heterocycles. The summed E-state index contributed by atoms with van der Waals surface area (Å²) >= 11 is 0. The van der Waals surface area contributed by atoms with Crippen molar-refractivity contribution in [1.82, 2.24) is 4.90 Å². The molecule has 1 rings (SSSR count). The van der Waals surface area contributed by atoms with Crippen LogP contribution in [0.25, 0.3) is 0 Å². The van der Waals surface area contributed by atoms with Gasteiger partial charge in [-0.05, 0) is 24.1 Å². The second kappa shape index (κ2) is 7.88. The number of rotatable bonds is 8. The SMILES string of the molecule is CCCS(=O)(=O)CC(=O)N(CC(=O)O)Cc1ccc(F)cc1. The molecular formula is C14H18FNO5S. The molecule has 0 saturated carbocycles. The molecule has 0 saturated heterocycles. The summed E-state index contributed by atoms with van der Waals surface area (Å²) in [5.41, 5.74) is 0.517. The summed E-state index contributed by atoms with van der Waals surface area (Å²) in [7, 11) is -3.55. The van der Waals surface area contributed by atoms with Gasteiger partial charge in [-0.2, -0.15) is 0 Å². The molecule has 1 aromatic rings. The molecule has 0 aliphatic rings. The molecule has 0 aromatic heterocycles. The number of amides is 1. The van der Waals surface area contributed by atoms with Crippen LogP contribution < -0.4 is 0 Å². The largest absolute Gasteiger partial charge is 0.480 e. The standard InChI is InChI=1S/C14H18FNO5S/c1-2-7-22(20,21)10-13(17)16(9-14(18)19)8-11-3-5-12(15)6-4-11/h3-6H,2,7-10H2,1H3,(H,18,19). The monoisotopic (exact) mass is 331 g/mol. The Balaban J connectivity index is 2.85. The molecule has 0 unspecified atom stereocenters. The van der Waals surface area contributed by atoms with E-state index in [0.717, 1.165) is 4.90 Å². The van der Waals surface area contributed by atoms with Gasteiger partial charge in [0.1, 0.15) is 18.1 Å². The molecule has 0 bridgehead atoms. The number of benzene rings is 1. The zero-order valence-electron chi connectivity index (χ0n) is 12.2. The fourth-order valence-electron chi connectivity index (χ4n) is 1.87. The van der Waals surface area contributed by atoms with Gasteiger partial charge in [0, 0.05) is 6.54 Å². The molecule has 8 heteroatoms. The number of hydrogen-bond acceptors (Lipinski definition) is 4. The van der Waals surface area contributed by atoms with E-state index in [4.69, 9.17) is 5.11 Å². The third kappa shape index (κ3) is 6.21. The van der Waals surface area contributed by atoms with Gasteiger partial charge in [0.25, 0.3) is 0 Å². The summed E-state index contributed by atoms with van der Waals surface area (Å²) < 4.78 is 36.2. The minimum Gasteiger partial charge on any atom is -0.480 e. The quantitative estimate of drug-likeness (QED) is 0.769. The molecule has 1 aromatic carbocycles. The summed E-state index contributed by atoms with van der Waals surface area (Å²) in [5, 5.41) is 8.85. The number of carbonyl (C=O) groups is 2. The van der Waals surface area contributed by atoms with Crippen LogP contribution in [0.5, 0.6) is 0 Å². The van der Waals surface area contributed by atoms with Crippen LogP contribution in [0, 0.1) is 5.82 Å². The van der Waals surface area contributed by atoms with Gasteiger partial charge < -0.3 is 10.0 Å². The number of carbonyl (C=O) groups excluding carboxylic acids is 1. The van der Waals surface area contributed by atoms with Gasteiger partial charge in [-0.1, -0.05) is 19.1 Å². The van der Waals surface area contributed by atoms with Crippen molar-refractivity contribution in [2.45, 2.75) is 19.9 Å². The van der Waals surface area contributed by atoms with Gasteiger partial charge in [-0.15, -0.1) is 0 Å². The molecule has 0 aliphatic heterocycles. The van der Waals surface area contributed by atoms with Crippen LogP contribution in [0.1, 0.15) is 18.9 Å². The van der Waals surface area contributed by atoms with Crippen LogP contribution in [0.15, 0.2) is 24.3 Å². The van der Waals surface area contributed by atoms with Crippen molar-refractivity contribution in [3.63, 3.8) is 0 Å². The van der Waals surface area contributed by atoms with E-state index in [1.807, 2.05) is 0 Å². The number of nitrogens with zero attached hydrogens (tertiary/aromatic N) is 1. The van der Waals surface area contributed by atoms with Gasteiger partial charge in [0.05, 0.1) is 5.75 Å². The molecule has 0 aliphatic carbocycles. The zero-order chi connectivity index (χ0) is 16.8. The number of aliphatic carboxylic acids is 1. The predicted molar refractivity (Wildman–Crippen MR) is 78.4 cm³/mol. The third-order valence-corrected chi connectivity index (χ3v) is 4.54. The highest BCUT2D eigenvalue weighted by Gasteiger charge is 2.23. The smallest absolute Gasteiger partial charge is 0.323 e. The second-order valence-corrected chi connectivity index (χ2v) is 7.05. The highest BCUT2D eigenvalue weighted by molar-refractivity contribution is 7.92. The van der Waals surface area contributed by atoms with Crippen molar-refractivity contribution in [2.75, 3.05) is 18.1 Å². The number of halogens is 1. The van der Waals surface area contributed by atoms with Crippen molar-refractivity contribution in [1.29, 1.82) is 0 Å². The highest BCUT2D eigenvalue weighted by atomic mass is 32.2. The molecule has 1 amide bonds. The lowest BCUT2D eigenvalue weighted by molar-refractivity contribution is -0.143. The lowest BCUT2D eigenvalue weighted by atomic mass is 10.2. The Kier molecular flexibility index (Phi) is 6.48. The average molecular weight is 331 g/mol. The first kappa shape index (κ1) is 18.1. The van der Waals surface area contributed by atoms with Crippen LogP contribution in [0.2, 0.25) is 0 Å². The lowest BCUT2D eigenvalue weighted by Gasteiger charge is -2.20. The van der Waals surface area contributed by atoms with E-state index in [0.29, 0.717) is 12.0 Å². The Hall–Kier alpha value is -1.96. The Labute approximate surface area is 128 Å². The van der Waals surface area contributed by atoms with Crippen molar-refractivity contribution in [3.05, 3.63) is 35.6 Å². The summed E-state index contributed by atoms with van der Waals surface area (Å²) in [6.45, 7) is 0.973. The number of hydrogen-bond donors (Lipinski definition) is 1. The van der Waals surface area contributed by atoms with E-state index < -0.39 is 39.8 Å². The summed E-state index contributed by atoms with van der Waals surface area (Å²) in [5.74, 6) is -3.33. The predicted octanol–water partition coefficient (Wildman–Crippen LogP) is 1.06. The number of carboxylic acid groups (broad SMARTS) is 1. The number of carboxylic acids is 1. The van der Waals surface area contributed by atoms with E-state index in [-0.39, 0.29) is 12.3 Å². The fraction of sp³-hybridized carbons (Fsp3) is 0.429. The van der Waals surface area contributed by atoms with Gasteiger partial charge in [0.2, 0.25) is 5.91 Å². The Morgan fingerprint density at radius 2 is 1.82 bits per heavy atom. The summed E-state index contributed by atoms with van der Waals surface area (Å²) in [6.07, 6.45) is 0.381. The first-order valence-corrected chi connectivity index (χ1v) is 8.50. The van der Waals surface area contributed by atoms with E-state index in [1.54, 1.807) is 6.92 Å². The molecule has 0 fully saturated rings. The first-order valence-electron chi connectivity index (χ1n) is 6.68. The molecule has 0 radical (unpaired) electrons. The third-order valence-electron chi connectivity index (χ3n) is 2.82. The van der Waals surface area contributed by atoms with E-state index >= 15 is 0 Å². The van der Waals surface area contributed by atoms with Crippen LogP contribution in [0.4, 0.5) is 4.39 Å². The zero-order valence-corrected chi connectivity index (χ0v) is 13.0. The maximum absolute atomic E-state index is 12.8. The van der Waals surface area contributed by atoms with E-state index in [9.17, 15) is 22.4 Å². The van der Waals surface area contributed by atoms with Crippen molar-refractivity contribution in [3.8, 4) is 0 Å². The van der Waals surface area contributed by atoms with Crippen molar-refractivity contribution in [2.24, 2.45) is 0 Å². The van der Waals surface area contributed by atoms with Crippen molar-refractivity contribution >= 4 is 21.7 Å². The van der Waals surface area contributed by atoms with Crippen LogP contribution in [-0.4, -0.2) is 48.4 Å². The van der Waals surface area contributed by atoms with Gasteiger partial charge in [-0.3, -0.25) is 9.59 Å². The van der Waals surface area contributed by atoms with Crippen molar-refractivity contribution < 1.29 is 27.5 Å². The molecule has 122 valence electrons. The van der Waals surface area contributed by atoms with Gasteiger partial charge in [0.15, 0.2) is 9.84 Å².